The van der Waals surface area contributed by atoms with Crippen LogP contribution in [0.15, 0.2) is 36.4 Å². The van der Waals surface area contributed by atoms with Crippen molar-refractivity contribution >= 4 is 11.6 Å². The Balaban J connectivity index is 1.93. The van der Waals surface area contributed by atoms with Gasteiger partial charge in [-0.05, 0) is 67.6 Å². The summed E-state index contributed by atoms with van der Waals surface area (Å²) in [7, 11) is 0. The largest absolute Gasteiger partial charge is 0.298 e. The van der Waals surface area contributed by atoms with Crippen LogP contribution in [-0.2, 0) is 16.0 Å². The standard InChI is InChI=1S/C25H22O2/c1-5-9-18-12-16(3)23(17(4)13-18)24-22(26)15-21(25(24)27)14-20-11-8-7-10-19(20)6-2/h2,7-8,10-13,21,24H,14-15H2,1,3-4H3. The number of benzene rings is 2. The van der Waals surface area contributed by atoms with Crippen LogP contribution < -0.4 is 0 Å². The predicted molar refractivity (Wildman–Crippen MR) is 107 cm³/mol. The molecule has 27 heavy (non-hydrogen) atoms. The molecule has 1 saturated carbocycles. The second-order valence-corrected chi connectivity index (χ2v) is 7.11. The molecule has 1 aliphatic rings. The van der Waals surface area contributed by atoms with Gasteiger partial charge in [0.1, 0.15) is 11.7 Å². The number of hydrogen-bond donors (Lipinski definition) is 0. The molecular formula is C25H22O2. The zero-order valence-electron chi connectivity index (χ0n) is 15.9. The fourth-order valence-electron chi connectivity index (χ4n) is 4.08. The van der Waals surface area contributed by atoms with Crippen molar-refractivity contribution in [3.05, 3.63) is 69.8 Å². The van der Waals surface area contributed by atoms with Crippen LogP contribution in [0.1, 0.15) is 52.6 Å². The molecule has 3 rings (SSSR count). The number of rotatable bonds is 3. The van der Waals surface area contributed by atoms with Crippen molar-refractivity contribution in [3.63, 3.8) is 0 Å². The molecule has 0 spiro atoms. The van der Waals surface area contributed by atoms with Gasteiger partial charge < -0.3 is 0 Å². The first-order valence-corrected chi connectivity index (χ1v) is 9.11. The van der Waals surface area contributed by atoms with Crippen molar-refractivity contribution in [1.82, 2.24) is 0 Å². The molecule has 2 aromatic carbocycles. The van der Waals surface area contributed by atoms with E-state index in [1.165, 1.54) is 0 Å². The molecule has 0 N–H and O–H groups in total. The van der Waals surface area contributed by atoms with E-state index in [2.05, 4.69) is 17.8 Å². The predicted octanol–water partition coefficient (Wildman–Crippen LogP) is 4.14. The van der Waals surface area contributed by atoms with E-state index >= 15 is 0 Å². The molecule has 0 bridgehead atoms. The molecule has 0 amide bonds. The van der Waals surface area contributed by atoms with E-state index in [1.54, 1.807) is 6.92 Å². The van der Waals surface area contributed by atoms with Gasteiger partial charge in [0.2, 0.25) is 0 Å². The van der Waals surface area contributed by atoms with E-state index in [9.17, 15) is 9.59 Å². The Morgan fingerprint density at radius 3 is 2.41 bits per heavy atom. The SMILES string of the molecule is C#Cc1ccccc1CC1CC(=O)C(c2c(C)cc(C#CC)cc2C)C1=O. The second kappa shape index (κ2) is 7.65. The number of Topliss-reactive ketones (excluding diaryl/α,β-unsaturated/α-hetero) is 2. The molecule has 2 aromatic rings. The molecule has 2 heteroatoms. The molecule has 1 fully saturated rings. The minimum atomic E-state index is -0.670. The number of hydrogen-bond acceptors (Lipinski definition) is 2. The van der Waals surface area contributed by atoms with Gasteiger partial charge in [-0.2, -0.15) is 0 Å². The first kappa shape index (κ1) is 18.7. The average molecular weight is 354 g/mol. The first-order chi connectivity index (χ1) is 13.0. The van der Waals surface area contributed by atoms with Crippen LogP contribution >= 0.6 is 0 Å². The van der Waals surface area contributed by atoms with Crippen molar-refractivity contribution < 1.29 is 9.59 Å². The van der Waals surface area contributed by atoms with Crippen molar-refractivity contribution in [2.45, 2.75) is 39.5 Å². The normalized spacial score (nSPS) is 18.7. The van der Waals surface area contributed by atoms with Crippen molar-refractivity contribution in [1.29, 1.82) is 0 Å². The maximum absolute atomic E-state index is 13.1. The number of carbonyl (C=O) groups is 2. The lowest BCUT2D eigenvalue weighted by atomic mass is 9.85. The number of aryl methyl sites for hydroxylation is 2. The van der Waals surface area contributed by atoms with Gasteiger partial charge in [-0.3, -0.25) is 9.59 Å². The Morgan fingerprint density at radius 1 is 1.11 bits per heavy atom. The van der Waals surface area contributed by atoms with E-state index in [-0.39, 0.29) is 23.9 Å². The molecule has 0 saturated heterocycles. The Kier molecular flexibility index (Phi) is 5.29. The third kappa shape index (κ3) is 3.57. The monoisotopic (exact) mass is 354 g/mol. The van der Waals surface area contributed by atoms with Gasteiger partial charge in [-0.25, -0.2) is 0 Å². The van der Waals surface area contributed by atoms with Gasteiger partial charge in [0.15, 0.2) is 5.78 Å². The topological polar surface area (TPSA) is 34.1 Å². The molecule has 0 aromatic heterocycles. The fraction of sp³-hybridized carbons (Fsp3) is 0.280. The highest BCUT2D eigenvalue weighted by Gasteiger charge is 2.43. The highest BCUT2D eigenvalue weighted by Crippen LogP contribution is 2.37. The number of ketones is 2. The Bertz CT molecular complexity index is 1000. The summed E-state index contributed by atoms with van der Waals surface area (Å²) in [4.78, 5) is 25.9. The molecule has 1 aliphatic carbocycles. The van der Waals surface area contributed by atoms with E-state index in [0.29, 0.717) is 6.42 Å². The zero-order chi connectivity index (χ0) is 19.6. The van der Waals surface area contributed by atoms with Crippen LogP contribution in [0.2, 0.25) is 0 Å². The first-order valence-electron chi connectivity index (χ1n) is 9.11. The highest BCUT2D eigenvalue weighted by atomic mass is 16.2. The second-order valence-electron chi connectivity index (χ2n) is 7.11. The minimum absolute atomic E-state index is 0.00344. The smallest absolute Gasteiger partial charge is 0.151 e. The summed E-state index contributed by atoms with van der Waals surface area (Å²) in [6.07, 6.45) is 6.36. The summed E-state index contributed by atoms with van der Waals surface area (Å²) in [6, 6.07) is 11.5. The molecule has 2 unspecified atom stereocenters. The molecule has 0 radical (unpaired) electrons. The quantitative estimate of drug-likeness (QED) is 0.613. The third-order valence-corrected chi connectivity index (χ3v) is 5.25. The summed E-state index contributed by atoms with van der Waals surface area (Å²) in [5.74, 6) is 7.63. The molecule has 0 aliphatic heterocycles. The lowest BCUT2D eigenvalue weighted by Crippen LogP contribution is -2.19. The maximum atomic E-state index is 13.1. The Hall–Kier alpha value is -3.10. The van der Waals surface area contributed by atoms with E-state index < -0.39 is 5.92 Å². The molecule has 2 nitrogen and oxygen atoms in total. The van der Waals surface area contributed by atoms with Gasteiger partial charge in [-0.15, -0.1) is 12.3 Å². The van der Waals surface area contributed by atoms with Gasteiger partial charge >= 0.3 is 0 Å². The molecule has 2 atom stereocenters. The van der Waals surface area contributed by atoms with Gasteiger partial charge in [0, 0.05) is 23.5 Å². The fourth-order valence-corrected chi connectivity index (χ4v) is 4.08. The van der Waals surface area contributed by atoms with Crippen LogP contribution in [-0.4, -0.2) is 11.6 Å². The molecule has 0 heterocycles. The molecular weight excluding hydrogens is 332 g/mol. The van der Waals surface area contributed by atoms with Gasteiger partial charge in [0.25, 0.3) is 0 Å². The van der Waals surface area contributed by atoms with Crippen molar-refractivity contribution in [2.75, 3.05) is 0 Å². The third-order valence-electron chi connectivity index (χ3n) is 5.25. The number of carbonyl (C=O) groups excluding carboxylic acids is 2. The van der Waals surface area contributed by atoms with E-state index in [0.717, 1.165) is 33.4 Å². The summed E-state index contributed by atoms with van der Waals surface area (Å²) in [5.41, 5.74) is 5.39. The highest BCUT2D eigenvalue weighted by molar-refractivity contribution is 6.15. The lowest BCUT2D eigenvalue weighted by molar-refractivity contribution is -0.124. The minimum Gasteiger partial charge on any atom is -0.298 e. The Labute approximate surface area is 161 Å². The van der Waals surface area contributed by atoms with Crippen LogP contribution in [0.4, 0.5) is 0 Å². The van der Waals surface area contributed by atoms with Crippen LogP contribution in [0.5, 0.6) is 0 Å². The van der Waals surface area contributed by atoms with Crippen molar-refractivity contribution in [3.8, 4) is 24.2 Å². The van der Waals surface area contributed by atoms with Crippen molar-refractivity contribution in [2.24, 2.45) is 5.92 Å². The van der Waals surface area contributed by atoms with Crippen LogP contribution in [0.3, 0.4) is 0 Å². The average Bonchev–Trinajstić information content (AvgIpc) is 2.90. The lowest BCUT2D eigenvalue weighted by Gasteiger charge is -2.16. The summed E-state index contributed by atoms with van der Waals surface area (Å²) < 4.78 is 0. The Morgan fingerprint density at radius 2 is 1.78 bits per heavy atom. The summed E-state index contributed by atoms with van der Waals surface area (Å²) in [5, 5.41) is 0. The summed E-state index contributed by atoms with van der Waals surface area (Å²) >= 11 is 0. The van der Waals surface area contributed by atoms with Crippen LogP contribution in [0, 0.1) is 44.0 Å². The maximum Gasteiger partial charge on any atom is 0.151 e. The zero-order valence-corrected chi connectivity index (χ0v) is 15.9. The van der Waals surface area contributed by atoms with Gasteiger partial charge in [0.05, 0.1) is 0 Å². The number of terminal acetylenes is 1. The van der Waals surface area contributed by atoms with E-state index in [4.69, 9.17) is 6.42 Å². The molecule has 134 valence electrons. The van der Waals surface area contributed by atoms with E-state index in [1.807, 2.05) is 50.2 Å². The summed E-state index contributed by atoms with van der Waals surface area (Å²) in [6.45, 7) is 5.69. The van der Waals surface area contributed by atoms with Crippen LogP contribution in [0.25, 0.3) is 0 Å². The van der Waals surface area contributed by atoms with Gasteiger partial charge in [-0.1, -0.05) is 30.0 Å².